The fourth-order valence-electron chi connectivity index (χ4n) is 4.48. The van der Waals surface area contributed by atoms with Crippen LogP contribution in [0.5, 0.6) is 0 Å². The standard InChI is InChI=1S/C24H18ClF4N9O/c25-18-4-6-20(36-13-30-33-34-36)22(23(18)26)15-3-5-19(37(39)11-15)21(7-14-1-2-14)35-10-16(8-31-35)17-9-32-38(12-17)24(27,28)29/h3-6,8-14,21H,1-2,7H2. The maximum atomic E-state index is 15.2. The first kappa shape index (κ1) is 25.0. The minimum Gasteiger partial charge on any atom is -0.618 e. The second kappa shape index (κ2) is 9.45. The lowest BCUT2D eigenvalue weighted by Crippen LogP contribution is -2.35. The molecule has 39 heavy (non-hydrogen) atoms. The van der Waals surface area contributed by atoms with E-state index in [0.717, 1.165) is 25.2 Å². The Bertz CT molecular complexity index is 1640. The lowest BCUT2D eigenvalue weighted by atomic mass is 10.0. The highest BCUT2D eigenvalue weighted by Gasteiger charge is 2.34. The number of tetrazole rings is 1. The quantitative estimate of drug-likeness (QED) is 0.163. The third kappa shape index (κ3) is 4.82. The summed E-state index contributed by atoms with van der Waals surface area (Å²) in [4.78, 5) is 0. The van der Waals surface area contributed by atoms with Crippen molar-refractivity contribution in [1.29, 1.82) is 0 Å². The molecule has 0 N–H and O–H groups in total. The molecule has 1 aliphatic rings. The van der Waals surface area contributed by atoms with E-state index in [1.165, 1.54) is 29.5 Å². The monoisotopic (exact) mass is 559 g/mol. The molecule has 5 aromatic rings. The number of hydrogen-bond donors (Lipinski definition) is 0. The molecule has 1 unspecified atom stereocenters. The summed E-state index contributed by atoms with van der Waals surface area (Å²) in [5.74, 6) is -0.352. The molecule has 0 saturated heterocycles. The number of halogens is 5. The van der Waals surface area contributed by atoms with Crippen LogP contribution in [0, 0.1) is 16.9 Å². The highest BCUT2D eigenvalue weighted by Crippen LogP contribution is 2.40. The van der Waals surface area contributed by atoms with E-state index in [1.807, 2.05) is 0 Å². The van der Waals surface area contributed by atoms with E-state index in [-0.39, 0.29) is 26.4 Å². The first-order valence-electron chi connectivity index (χ1n) is 11.8. The van der Waals surface area contributed by atoms with Gasteiger partial charge < -0.3 is 5.21 Å². The van der Waals surface area contributed by atoms with Crippen molar-refractivity contribution in [3.8, 4) is 27.9 Å². The van der Waals surface area contributed by atoms with Gasteiger partial charge in [0.1, 0.15) is 12.4 Å². The second-order valence-corrected chi connectivity index (χ2v) is 9.63. The number of aromatic nitrogens is 9. The van der Waals surface area contributed by atoms with Crippen LogP contribution in [0.2, 0.25) is 5.02 Å². The summed E-state index contributed by atoms with van der Waals surface area (Å²) in [5, 5.41) is 31.9. The number of hydrogen-bond acceptors (Lipinski definition) is 6. The SMILES string of the molecule is [O-][n+]1cc(-c2c(-n3cnnn3)ccc(Cl)c2F)ccc1C(CC1CC1)n1cc(-c2cnn(C(F)(F)F)c2)cn1. The summed E-state index contributed by atoms with van der Waals surface area (Å²) >= 11 is 6.04. The normalized spacial score (nSPS) is 14.6. The lowest BCUT2D eigenvalue weighted by molar-refractivity contribution is -0.615. The molecule has 6 rings (SSSR count). The molecule has 4 heterocycles. The van der Waals surface area contributed by atoms with Crippen molar-refractivity contribution < 1.29 is 22.3 Å². The molecule has 0 bridgehead atoms. The molecular formula is C24H18ClF4N9O. The molecule has 1 atom stereocenters. The number of rotatable bonds is 7. The van der Waals surface area contributed by atoms with E-state index in [9.17, 15) is 18.4 Å². The first-order valence-corrected chi connectivity index (χ1v) is 12.2. The van der Waals surface area contributed by atoms with Gasteiger partial charge >= 0.3 is 6.30 Å². The van der Waals surface area contributed by atoms with Crippen LogP contribution in [-0.4, -0.2) is 39.8 Å². The Balaban J connectivity index is 1.37. The highest BCUT2D eigenvalue weighted by molar-refractivity contribution is 6.31. The van der Waals surface area contributed by atoms with Crippen LogP contribution in [0.4, 0.5) is 17.6 Å². The summed E-state index contributed by atoms with van der Waals surface area (Å²) in [5.41, 5.74) is 1.60. The van der Waals surface area contributed by atoms with Crippen LogP contribution in [-0.2, 0) is 6.30 Å². The molecular weight excluding hydrogens is 542 g/mol. The van der Waals surface area contributed by atoms with Gasteiger partial charge in [0, 0.05) is 29.6 Å². The maximum Gasteiger partial charge on any atom is 0.504 e. The second-order valence-electron chi connectivity index (χ2n) is 9.22. The number of nitrogens with zero attached hydrogens (tertiary/aromatic N) is 9. The molecule has 1 saturated carbocycles. The Hall–Kier alpha value is -4.33. The van der Waals surface area contributed by atoms with Crippen LogP contribution < -0.4 is 4.73 Å². The average molecular weight is 560 g/mol. The molecule has 0 spiro atoms. The molecule has 0 aliphatic heterocycles. The fraction of sp³-hybridized carbons (Fsp3) is 0.250. The van der Waals surface area contributed by atoms with E-state index < -0.39 is 18.2 Å². The molecule has 4 aromatic heterocycles. The lowest BCUT2D eigenvalue weighted by Gasteiger charge is -2.18. The number of benzene rings is 1. The zero-order valence-electron chi connectivity index (χ0n) is 19.9. The van der Waals surface area contributed by atoms with Crippen molar-refractivity contribution in [3.05, 3.63) is 83.3 Å². The van der Waals surface area contributed by atoms with Gasteiger partial charge in [-0.2, -0.15) is 24.3 Å². The summed E-state index contributed by atoms with van der Waals surface area (Å²) in [6, 6.07) is 5.60. The van der Waals surface area contributed by atoms with Crippen molar-refractivity contribution in [2.45, 2.75) is 31.6 Å². The van der Waals surface area contributed by atoms with Crippen molar-refractivity contribution in [3.63, 3.8) is 0 Å². The van der Waals surface area contributed by atoms with E-state index in [0.29, 0.717) is 34.0 Å². The molecule has 0 radical (unpaired) electrons. The van der Waals surface area contributed by atoms with Crippen LogP contribution in [0.15, 0.2) is 61.6 Å². The summed E-state index contributed by atoms with van der Waals surface area (Å²) in [6.45, 7) is 0. The minimum atomic E-state index is -4.63. The van der Waals surface area contributed by atoms with Crippen molar-refractivity contribution in [2.75, 3.05) is 0 Å². The molecule has 10 nitrogen and oxygen atoms in total. The van der Waals surface area contributed by atoms with Gasteiger partial charge in [0.2, 0.25) is 5.69 Å². The first-order chi connectivity index (χ1) is 18.7. The van der Waals surface area contributed by atoms with Crippen molar-refractivity contribution >= 4 is 11.6 Å². The predicted molar refractivity (Wildman–Crippen MR) is 129 cm³/mol. The zero-order valence-corrected chi connectivity index (χ0v) is 20.6. The zero-order chi connectivity index (χ0) is 27.3. The minimum absolute atomic E-state index is 0.0488. The topological polar surface area (TPSA) is 106 Å². The number of pyridine rings is 1. The molecule has 200 valence electrons. The van der Waals surface area contributed by atoms with Crippen molar-refractivity contribution in [2.24, 2.45) is 5.92 Å². The fourth-order valence-corrected chi connectivity index (χ4v) is 4.64. The van der Waals surface area contributed by atoms with Gasteiger partial charge in [0.15, 0.2) is 12.0 Å². The van der Waals surface area contributed by atoms with Gasteiger partial charge in [0.05, 0.1) is 34.2 Å². The molecule has 0 amide bonds. The third-order valence-corrected chi connectivity index (χ3v) is 6.89. The Morgan fingerprint density at radius 1 is 1.05 bits per heavy atom. The van der Waals surface area contributed by atoms with Gasteiger partial charge in [-0.1, -0.05) is 24.4 Å². The third-order valence-electron chi connectivity index (χ3n) is 6.59. The van der Waals surface area contributed by atoms with Gasteiger partial charge in [0.25, 0.3) is 0 Å². The summed E-state index contributed by atoms with van der Waals surface area (Å²) < 4.78 is 57.5. The molecule has 1 aromatic carbocycles. The van der Waals surface area contributed by atoms with Crippen LogP contribution in [0.25, 0.3) is 27.9 Å². The maximum absolute atomic E-state index is 15.2. The van der Waals surface area contributed by atoms with Gasteiger partial charge in [-0.25, -0.2) is 4.39 Å². The summed E-state index contributed by atoms with van der Waals surface area (Å²) in [6.07, 6.45) is 5.52. The van der Waals surface area contributed by atoms with Crippen LogP contribution in [0.1, 0.15) is 31.0 Å². The van der Waals surface area contributed by atoms with E-state index in [2.05, 4.69) is 25.7 Å². The molecule has 1 fully saturated rings. The highest BCUT2D eigenvalue weighted by atomic mass is 35.5. The Labute approximate surface area is 222 Å². The number of alkyl halides is 3. The van der Waals surface area contributed by atoms with Crippen molar-refractivity contribution in [1.82, 2.24) is 39.8 Å². The van der Waals surface area contributed by atoms with Gasteiger partial charge in [-0.05, 0) is 41.0 Å². The van der Waals surface area contributed by atoms with Crippen LogP contribution in [0.3, 0.4) is 0 Å². The van der Waals surface area contributed by atoms with E-state index >= 15 is 4.39 Å². The smallest absolute Gasteiger partial charge is 0.504 e. The van der Waals surface area contributed by atoms with E-state index in [1.54, 1.807) is 29.1 Å². The predicted octanol–water partition coefficient (Wildman–Crippen LogP) is 4.68. The van der Waals surface area contributed by atoms with Gasteiger partial charge in [-0.3, -0.25) is 4.68 Å². The molecule has 1 aliphatic carbocycles. The molecule has 15 heteroatoms. The van der Waals surface area contributed by atoms with Crippen LogP contribution >= 0.6 is 11.6 Å². The Morgan fingerprint density at radius 2 is 1.82 bits per heavy atom. The Kier molecular flexibility index (Phi) is 6.05. The van der Waals surface area contributed by atoms with Gasteiger partial charge in [-0.15, -0.1) is 18.3 Å². The van der Waals surface area contributed by atoms with E-state index in [4.69, 9.17) is 11.6 Å². The Morgan fingerprint density at radius 3 is 2.49 bits per heavy atom. The largest absolute Gasteiger partial charge is 0.618 e. The summed E-state index contributed by atoms with van der Waals surface area (Å²) in [7, 11) is 0. The average Bonchev–Trinajstić information content (AvgIpc) is 3.32.